The summed E-state index contributed by atoms with van der Waals surface area (Å²) in [5, 5.41) is 2.92. The van der Waals surface area contributed by atoms with E-state index in [0.717, 1.165) is 10.2 Å². The van der Waals surface area contributed by atoms with E-state index in [0.29, 0.717) is 31.2 Å². The quantitative estimate of drug-likeness (QED) is 0.555. The van der Waals surface area contributed by atoms with Crippen LogP contribution in [-0.2, 0) is 18.4 Å². The average Bonchev–Trinajstić information content (AvgIpc) is 3.06. The number of benzene rings is 1. The van der Waals surface area contributed by atoms with Crippen LogP contribution in [0.2, 0.25) is 0 Å². The van der Waals surface area contributed by atoms with Crippen LogP contribution in [0.1, 0.15) is 33.4 Å². The number of nitrogens with zero attached hydrogens (tertiary/aromatic N) is 3. The second-order valence-electron chi connectivity index (χ2n) is 8.46. The summed E-state index contributed by atoms with van der Waals surface area (Å²) in [6.45, 7) is 9.99. The van der Waals surface area contributed by atoms with Gasteiger partial charge in [0.2, 0.25) is 5.91 Å². The summed E-state index contributed by atoms with van der Waals surface area (Å²) in [4.78, 5) is 29.6. The first kappa shape index (κ1) is 24.0. The summed E-state index contributed by atoms with van der Waals surface area (Å²) in [5.41, 5.74) is 1.75. The lowest BCUT2D eigenvalue weighted by Gasteiger charge is -2.30. The zero-order valence-electron chi connectivity index (χ0n) is 18.6. The molecule has 1 N–H and O–H groups in total. The second-order valence-corrected chi connectivity index (χ2v) is 9.32. The van der Waals surface area contributed by atoms with Crippen molar-refractivity contribution in [1.29, 1.82) is 0 Å². The van der Waals surface area contributed by atoms with Gasteiger partial charge in [-0.1, -0.05) is 39.8 Å². The maximum Gasteiger partial charge on any atom is 0.322 e. The Morgan fingerprint density at radius 2 is 1.63 bits per heavy atom. The molecule has 7 heteroatoms. The molecule has 0 bridgehead atoms. The van der Waals surface area contributed by atoms with E-state index < -0.39 is 0 Å². The van der Waals surface area contributed by atoms with Crippen molar-refractivity contribution in [2.75, 3.05) is 25.0 Å². The SMILES string of the molecule is CC(C)CN(Cc1cccn1C)C(=O)CN(CC(C)C)C(=O)Nc1ccccc1Br. The molecule has 0 aliphatic heterocycles. The number of urea groups is 1. The Bertz CT molecular complexity index is 847. The molecule has 0 fully saturated rings. The third-order valence-corrected chi connectivity index (χ3v) is 5.35. The van der Waals surface area contributed by atoms with Gasteiger partial charge >= 0.3 is 6.03 Å². The number of nitrogens with one attached hydrogen (secondary N) is 1. The van der Waals surface area contributed by atoms with Crippen LogP contribution in [0, 0.1) is 11.8 Å². The highest BCUT2D eigenvalue weighted by Crippen LogP contribution is 2.22. The largest absolute Gasteiger partial charge is 0.353 e. The highest BCUT2D eigenvalue weighted by Gasteiger charge is 2.23. The number of aromatic nitrogens is 1. The Morgan fingerprint density at radius 1 is 1.00 bits per heavy atom. The minimum Gasteiger partial charge on any atom is -0.353 e. The fourth-order valence-corrected chi connectivity index (χ4v) is 3.62. The number of para-hydroxylation sites is 1. The Morgan fingerprint density at radius 3 is 2.20 bits per heavy atom. The molecular weight excluding hydrogens is 444 g/mol. The number of anilines is 1. The van der Waals surface area contributed by atoms with Gasteiger partial charge in [-0.3, -0.25) is 4.79 Å². The standard InChI is InChI=1S/C23H33BrN4O2/c1-17(2)13-27(15-19-9-8-12-26(19)5)22(29)16-28(14-18(3)4)23(30)25-21-11-7-6-10-20(21)24/h6-12,17-18H,13-16H2,1-5H3,(H,25,30). The van der Waals surface area contributed by atoms with Crippen molar-refractivity contribution in [2.45, 2.75) is 34.2 Å². The van der Waals surface area contributed by atoms with E-state index in [9.17, 15) is 9.59 Å². The molecule has 1 aromatic carbocycles. The van der Waals surface area contributed by atoms with Gasteiger partial charge in [0.25, 0.3) is 0 Å². The average molecular weight is 477 g/mol. The van der Waals surface area contributed by atoms with Crippen LogP contribution in [0.25, 0.3) is 0 Å². The van der Waals surface area contributed by atoms with Crippen molar-refractivity contribution < 1.29 is 9.59 Å². The molecule has 164 valence electrons. The fraction of sp³-hybridized carbons (Fsp3) is 0.478. The number of carbonyl (C=O) groups is 2. The Kier molecular flexibility index (Phi) is 8.96. The smallest absolute Gasteiger partial charge is 0.322 e. The summed E-state index contributed by atoms with van der Waals surface area (Å²) < 4.78 is 2.82. The number of aryl methyl sites for hydroxylation is 1. The molecule has 0 saturated carbocycles. The highest BCUT2D eigenvalue weighted by atomic mass is 79.9. The zero-order chi connectivity index (χ0) is 22.3. The monoisotopic (exact) mass is 476 g/mol. The van der Waals surface area contributed by atoms with Crippen LogP contribution in [-0.4, -0.2) is 45.9 Å². The number of amides is 3. The van der Waals surface area contributed by atoms with E-state index in [1.54, 1.807) is 4.90 Å². The molecule has 30 heavy (non-hydrogen) atoms. The third-order valence-electron chi connectivity index (χ3n) is 4.66. The number of rotatable bonds is 9. The fourth-order valence-electron chi connectivity index (χ4n) is 3.23. The van der Waals surface area contributed by atoms with Gasteiger partial charge in [0, 0.05) is 36.5 Å². The van der Waals surface area contributed by atoms with E-state index in [2.05, 4.69) is 35.1 Å². The minimum atomic E-state index is -0.271. The zero-order valence-corrected chi connectivity index (χ0v) is 20.1. The molecule has 0 aliphatic carbocycles. The molecule has 1 aromatic heterocycles. The van der Waals surface area contributed by atoms with Crippen molar-refractivity contribution in [3.8, 4) is 0 Å². The van der Waals surface area contributed by atoms with Crippen molar-refractivity contribution in [3.05, 3.63) is 52.8 Å². The minimum absolute atomic E-state index is 0.0472. The predicted molar refractivity (Wildman–Crippen MR) is 125 cm³/mol. The van der Waals surface area contributed by atoms with Gasteiger partial charge in [0.1, 0.15) is 6.54 Å². The lowest BCUT2D eigenvalue weighted by atomic mass is 10.2. The third kappa shape index (κ3) is 7.20. The van der Waals surface area contributed by atoms with Crippen molar-refractivity contribution >= 4 is 33.6 Å². The highest BCUT2D eigenvalue weighted by molar-refractivity contribution is 9.10. The van der Waals surface area contributed by atoms with Crippen LogP contribution in [0.4, 0.5) is 10.5 Å². The summed E-state index contributed by atoms with van der Waals surface area (Å²) in [5.74, 6) is 0.531. The Labute approximate surface area is 188 Å². The van der Waals surface area contributed by atoms with Crippen molar-refractivity contribution in [3.63, 3.8) is 0 Å². The molecule has 0 aliphatic rings. The first-order valence-electron chi connectivity index (χ1n) is 10.4. The summed E-state index contributed by atoms with van der Waals surface area (Å²) >= 11 is 3.46. The number of halogens is 1. The van der Waals surface area contributed by atoms with E-state index in [-0.39, 0.29) is 24.4 Å². The molecule has 0 saturated heterocycles. The van der Waals surface area contributed by atoms with Gasteiger partial charge in [-0.15, -0.1) is 0 Å². The normalized spacial score (nSPS) is 11.1. The van der Waals surface area contributed by atoms with Gasteiger partial charge in [-0.05, 0) is 52.0 Å². The van der Waals surface area contributed by atoms with Crippen LogP contribution in [0.15, 0.2) is 47.1 Å². The predicted octanol–water partition coefficient (Wildman–Crippen LogP) is 4.96. The first-order chi connectivity index (χ1) is 14.2. The lowest BCUT2D eigenvalue weighted by Crippen LogP contribution is -2.46. The summed E-state index contributed by atoms with van der Waals surface area (Å²) in [7, 11) is 1.98. The van der Waals surface area contributed by atoms with E-state index in [1.807, 2.05) is 73.0 Å². The maximum atomic E-state index is 13.2. The van der Waals surface area contributed by atoms with Gasteiger partial charge in [-0.2, -0.15) is 0 Å². The molecular formula is C23H33BrN4O2. The van der Waals surface area contributed by atoms with Gasteiger partial charge in [0.15, 0.2) is 0 Å². The first-order valence-corrected chi connectivity index (χ1v) is 11.1. The van der Waals surface area contributed by atoms with Gasteiger partial charge < -0.3 is 19.7 Å². The van der Waals surface area contributed by atoms with E-state index >= 15 is 0 Å². The van der Waals surface area contributed by atoms with E-state index in [4.69, 9.17) is 0 Å². The van der Waals surface area contributed by atoms with Crippen LogP contribution in [0.3, 0.4) is 0 Å². The van der Waals surface area contributed by atoms with Crippen molar-refractivity contribution in [1.82, 2.24) is 14.4 Å². The molecule has 6 nitrogen and oxygen atoms in total. The Balaban J connectivity index is 2.15. The molecule has 1 heterocycles. The summed E-state index contributed by atoms with van der Waals surface area (Å²) in [6.07, 6.45) is 1.98. The number of hydrogen-bond donors (Lipinski definition) is 1. The topological polar surface area (TPSA) is 57.6 Å². The summed E-state index contributed by atoms with van der Waals surface area (Å²) in [6, 6.07) is 11.2. The molecule has 0 spiro atoms. The van der Waals surface area contributed by atoms with Crippen LogP contribution in [0.5, 0.6) is 0 Å². The molecule has 2 aromatic rings. The molecule has 2 rings (SSSR count). The number of carbonyl (C=O) groups excluding carboxylic acids is 2. The Hall–Kier alpha value is -2.28. The molecule has 0 radical (unpaired) electrons. The molecule has 0 atom stereocenters. The molecule has 0 unspecified atom stereocenters. The van der Waals surface area contributed by atoms with Crippen LogP contribution < -0.4 is 5.32 Å². The van der Waals surface area contributed by atoms with E-state index in [1.165, 1.54) is 0 Å². The van der Waals surface area contributed by atoms with Crippen LogP contribution >= 0.6 is 15.9 Å². The second kappa shape index (κ2) is 11.2. The lowest BCUT2D eigenvalue weighted by molar-refractivity contribution is -0.133. The van der Waals surface area contributed by atoms with Gasteiger partial charge in [-0.25, -0.2) is 4.79 Å². The number of hydrogen-bond acceptors (Lipinski definition) is 2. The van der Waals surface area contributed by atoms with Gasteiger partial charge in [0.05, 0.1) is 12.2 Å². The maximum absolute atomic E-state index is 13.2. The molecule has 3 amide bonds. The van der Waals surface area contributed by atoms with Crippen molar-refractivity contribution in [2.24, 2.45) is 18.9 Å².